The predicted octanol–water partition coefficient (Wildman–Crippen LogP) is 7.55. The van der Waals surface area contributed by atoms with Gasteiger partial charge in [-0.25, -0.2) is 23.9 Å². The number of benzene rings is 2. The fraction of sp³-hybridized carbons (Fsp3) is 0.467. The average molecular weight is 854 g/mol. The molecule has 1 saturated heterocycles. The molecule has 330 valence electrons. The molecule has 0 radical (unpaired) electrons. The number of alkyl carbamates (subject to hydrolysis) is 2. The zero-order valence-electron chi connectivity index (χ0n) is 36.7. The maximum Gasteiger partial charge on any atom is 0.407 e. The Kier molecular flexibility index (Phi) is 12.6. The predicted molar refractivity (Wildman–Crippen MR) is 230 cm³/mol. The summed E-state index contributed by atoms with van der Waals surface area (Å²) in [5.74, 6) is 0.308. The van der Waals surface area contributed by atoms with Gasteiger partial charge in [-0.2, -0.15) is 0 Å². The topological polar surface area (TPSA) is 189 Å². The number of likely N-dealkylation sites (N-methyl/N-ethyl adjacent to an activating group) is 1. The van der Waals surface area contributed by atoms with Gasteiger partial charge in [-0.1, -0.05) is 54.0 Å². The number of carbonyl (C=O) groups is 4. The van der Waals surface area contributed by atoms with Gasteiger partial charge in [0, 0.05) is 30.1 Å². The summed E-state index contributed by atoms with van der Waals surface area (Å²) in [5.41, 5.74) is 4.63. The van der Waals surface area contributed by atoms with Crippen molar-refractivity contribution in [2.45, 2.75) is 91.7 Å². The molecule has 2 aliphatic heterocycles. The number of rotatable bonds is 13. The minimum atomic E-state index is -0.810. The molecule has 1 fully saturated rings. The number of halogens is 1. The number of nitrogens with one attached hydrogen (secondary N) is 4. The Hall–Kier alpha value is -6.39. The van der Waals surface area contributed by atoms with Crippen molar-refractivity contribution in [3.05, 3.63) is 66.3 Å². The number of hydrogen-bond donors (Lipinski definition) is 4. The number of likely N-dealkylation sites (tertiary alicyclic amines) is 1. The smallest absolute Gasteiger partial charge is 0.407 e. The van der Waals surface area contributed by atoms with E-state index in [2.05, 4.69) is 25.6 Å². The molecule has 3 aromatic heterocycles. The first kappa shape index (κ1) is 43.7. The summed E-state index contributed by atoms with van der Waals surface area (Å²) in [4.78, 5) is 71.1. The third-order valence-electron chi connectivity index (χ3n) is 12.2. The second-order valence-corrected chi connectivity index (χ2v) is 16.9. The summed E-state index contributed by atoms with van der Waals surface area (Å²) >= 11 is 0. The van der Waals surface area contributed by atoms with Crippen LogP contribution >= 0.6 is 0 Å². The lowest BCUT2D eigenvalue weighted by Gasteiger charge is -2.34. The molecule has 17 heteroatoms. The van der Waals surface area contributed by atoms with Crippen LogP contribution in [-0.2, 0) is 25.8 Å². The lowest BCUT2D eigenvalue weighted by atomic mass is 9.95. The fourth-order valence-corrected chi connectivity index (χ4v) is 8.61. The maximum atomic E-state index is 16.4. The van der Waals surface area contributed by atoms with E-state index in [9.17, 15) is 19.2 Å². The first-order valence-electron chi connectivity index (χ1n) is 21.1. The van der Waals surface area contributed by atoms with Crippen LogP contribution in [0.4, 0.5) is 14.0 Å². The zero-order chi connectivity index (χ0) is 44.6. The molecule has 62 heavy (non-hydrogen) atoms. The zero-order valence-corrected chi connectivity index (χ0v) is 36.7. The van der Waals surface area contributed by atoms with E-state index in [1.54, 1.807) is 35.3 Å². The van der Waals surface area contributed by atoms with Gasteiger partial charge < -0.3 is 49.2 Å². The maximum absolute atomic E-state index is 16.4. The van der Waals surface area contributed by atoms with Crippen molar-refractivity contribution in [3.8, 4) is 39.5 Å². The summed E-state index contributed by atoms with van der Waals surface area (Å²) < 4.78 is 34.1. The molecule has 5 aromatic rings. The minimum absolute atomic E-state index is 0.00979. The van der Waals surface area contributed by atoms with Crippen molar-refractivity contribution in [2.24, 2.45) is 17.8 Å². The Balaban J connectivity index is 1.13. The van der Waals surface area contributed by atoms with Gasteiger partial charge >= 0.3 is 12.2 Å². The fourth-order valence-electron chi connectivity index (χ4n) is 8.61. The van der Waals surface area contributed by atoms with Crippen LogP contribution in [-0.4, -0.2) is 98.2 Å². The third-order valence-corrected chi connectivity index (χ3v) is 12.2. The van der Waals surface area contributed by atoms with Gasteiger partial charge in [0.25, 0.3) is 0 Å². The number of H-pyrrole nitrogens is 2. The van der Waals surface area contributed by atoms with E-state index < -0.39 is 36.1 Å². The van der Waals surface area contributed by atoms with E-state index in [-0.39, 0.29) is 42.3 Å². The van der Waals surface area contributed by atoms with Gasteiger partial charge in [0.05, 0.1) is 66.9 Å². The standard InChI is InChI=1S/C45H56FN9O7/c1-10-25(6)39(53(7)42(56)37(23(2)3)51-44(58)60-8)41-48-21-31(50-41)27-17-29(46)36-34-18-28-16-26(13-14-32(28)55(34)22-62-35(36)19-27)30-20-47-40(49-30)33-12-11-15-54(33)43(57)38(24(4)5)52-45(59)61-9/h13-14,16-21,23-25,33,37-39H,10-12,15,22H2,1-9H3,(H,47,49)(H,48,50)(H,51,58)(H,52,59)/t25?,33-,37-,38-,39-/m0/s1. The summed E-state index contributed by atoms with van der Waals surface area (Å²) in [5, 5.41) is 6.23. The Labute approximate surface area is 359 Å². The number of aromatic nitrogens is 5. The van der Waals surface area contributed by atoms with E-state index in [4.69, 9.17) is 19.2 Å². The van der Waals surface area contributed by atoms with Gasteiger partial charge in [-0.15, -0.1) is 0 Å². The van der Waals surface area contributed by atoms with E-state index in [0.29, 0.717) is 46.5 Å². The Morgan fingerprint density at radius 2 is 1.60 bits per heavy atom. The summed E-state index contributed by atoms with van der Waals surface area (Å²) in [6, 6.07) is 8.90. The molecule has 16 nitrogen and oxygen atoms in total. The lowest BCUT2D eigenvalue weighted by molar-refractivity contribution is -0.137. The molecule has 5 atom stereocenters. The summed E-state index contributed by atoms with van der Waals surface area (Å²) in [6.45, 7) is 12.2. The van der Waals surface area contributed by atoms with E-state index in [0.717, 1.165) is 41.4 Å². The minimum Gasteiger partial charge on any atom is -0.472 e. The normalized spacial score (nSPS) is 16.6. The van der Waals surface area contributed by atoms with Crippen LogP contribution in [0.25, 0.3) is 44.7 Å². The number of methoxy groups -OCH3 is 2. The first-order chi connectivity index (χ1) is 29.6. The summed E-state index contributed by atoms with van der Waals surface area (Å²) in [6.07, 6.45) is 4.33. The lowest BCUT2D eigenvalue weighted by Crippen LogP contribution is -2.51. The molecule has 0 bridgehead atoms. The van der Waals surface area contributed by atoms with Gasteiger partial charge in [-0.05, 0) is 60.9 Å². The molecule has 4 amide bonds. The quantitative estimate of drug-likeness (QED) is 0.0927. The molecule has 4 N–H and O–H groups in total. The highest BCUT2D eigenvalue weighted by molar-refractivity contribution is 5.92. The van der Waals surface area contributed by atoms with Crippen LogP contribution < -0.4 is 15.4 Å². The highest BCUT2D eigenvalue weighted by atomic mass is 19.1. The van der Waals surface area contributed by atoms with Crippen molar-refractivity contribution in [2.75, 3.05) is 27.8 Å². The van der Waals surface area contributed by atoms with Crippen LogP contribution in [0.5, 0.6) is 5.75 Å². The molecular formula is C45H56FN9O7. The number of nitrogens with zero attached hydrogens (tertiary/aromatic N) is 5. The number of amides is 4. The number of imidazole rings is 2. The van der Waals surface area contributed by atoms with Crippen molar-refractivity contribution in [1.29, 1.82) is 0 Å². The van der Waals surface area contributed by atoms with E-state index in [1.807, 2.05) is 70.4 Å². The monoisotopic (exact) mass is 853 g/mol. The first-order valence-corrected chi connectivity index (χ1v) is 21.1. The number of aromatic amines is 2. The Bertz CT molecular complexity index is 2470. The van der Waals surface area contributed by atoms with Crippen LogP contribution in [0.15, 0.2) is 48.8 Å². The van der Waals surface area contributed by atoms with Crippen LogP contribution in [0.3, 0.4) is 0 Å². The van der Waals surface area contributed by atoms with Gasteiger partial charge in [0.15, 0.2) is 6.73 Å². The summed E-state index contributed by atoms with van der Waals surface area (Å²) in [7, 11) is 4.23. The highest BCUT2D eigenvalue weighted by Crippen LogP contribution is 2.43. The van der Waals surface area contributed by atoms with E-state index in [1.165, 1.54) is 20.3 Å². The molecule has 2 aliphatic rings. The van der Waals surface area contributed by atoms with Crippen LogP contribution in [0.2, 0.25) is 0 Å². The molecule has 0 saturated carbocycles. The SMILES string of the molecule is CCC(C)[C@@H](c1ncc(-c2cc(F)c3c(c2)OCn2c-3cc3cc(-c4cnc([C@@H]5CCCN5C(=O)[C@@H](NC(=O)OC)C(C)C)[nH]4)ccc32)[nH]1)N(C)C(=O)[C@@H](NC(=O)OC)C(C)C. The van der Waals surface area contributed by atoms with Crippen LogP contribution in [0, 0.1) is 23.6 Å². The van der Waals surface area contributed by atoms with Crippen LogP contribution in [0.1, 0.15) is 84.5 Å². The number of fused-ring (bicyclic) bond motifs is 5. The second kappa shape index (κ2) is 17.9. The molecule has 1 unspecified atom stereocenters. The van der Waals surface area contributed by atoms with Crippen molar-refractivity contribution < 1.29 is 37.8 Å². The number of carbonyl (C=O) groups excluding carboxylic acids is 4. The molecule has 0 spiro atoms. The van der Waals surface area contributed by atoms with E-state index >= 15 is 4.39 Å². The Morgan fingerprint density at radius 1 is 0.919 bits per heavy atom. The van der Waals surface area contributed by atoms with Gasteiger partial charge in [0.1, 0.15) is 35.3 Å². The molecular weight excluding hydrogens is 798 g/mol. The third kappa shape index (κ3) is 8.31. The van der Waals surface area contributed by atoms with Crippen molar-refractivity contribution in [1.82, 2.24) is 44.9 Å². The highest BCUT2D eigenvalue weighted by Gasteiger charge is 2.38. The molecule has 7 rings (SSSR count). The molecule has 2 aromatic carbocycles. The average Bonchev–Trinajstić information content (AvgIpc) is 4.09. The molecule has 5 heterocycles. The van der Waals surface area contributed by atoms with Crippen molar-refractivity contribution in [3.63, 3.8) is 0 Å². The number of ether oxygens (including phenoxy) is 3. The van der Waals surface area contributed by atoms with Gasteiger partial charge in [0.2, 0.25) is 11.8 Å². The number of hydrogen-bond acceptors (Lipinski definition) is 9. The van der Waals surface area contributed by atoms with Gasteiger partial charge in [-0.3, -0.25) is 9.59 Å². The Morgan fingerprint density at radius 3 is 2.27 bits per heavy atom. The molecule has 0 aliphatic carbocycles. The second-order valence-electron chi connectivity index (χ2n) is 16.9. The van der Waals surface area contributed by atoms with Crippen molar-refractivity contribution >= 4 is 34.9 Å². The largest absolute Gasteiger partial charge is 0.472 e.